The van der Waals surface area contributed by atoms with Crippen LogP contribution in [0.4, 0.5) is 0 Å². The van der Waals surface area contributed by atoms with Gasteiger partial charge in [-0.2, -0.15) is 0 Å². The number of para-hydroxylation sites is 1. The first kappa shape index (κ1) is 20.3. The summed E-state index contributed by atoms with van der Waals surface area (Å²) in [4.78, 5) is 13.0. The first-order valence-corrected chi connectivity index (χ1v) is 9.17. The molecular weight excluding hydrogens is 368 g/mol. The van der Waals surface area contributed by atoms with Crippen LogP contribution in [0.15, 0.2) is 47.3 Å². The van der Waals surface area contributed by atoms with Crippen LogP contribution in [0.3, 0.4) is 0 Å². The fourth-order valence-electron chi connectivity index (χ4n) is 3.34. The van der Waals surface area contributed by atoms with Crippen molar-refractivity contribution in [1.29, 1.82) is 0 Å². The zero-order chi connectivity index (χ0) is 20.8. The van der Waals surface area contributed by atoms with E-state index in [2.05, 4.69) is 11.2 Å². The van der Waals surface area contributed by atoms with Crippen LogP contribution < -0.4 is 25.1 Å². The summed E-state index contributed by atoms with van der Waals surface area (Å²) in [7, 11) is 4.81. The minimum absolute atomic E-state index is 0.117. The van der Waals surface area contributed by atoms with Gasteiger partial charge in [-0.25, -0.2) is 0 Å². The van der Waals surface area contributed by atoms with E-state index in [0.29, 0.717) is 35.9 Å². The number of pyridine rings is 1. The van der Waals surface area contributed by atoms with Crippen LogP contribution in [0, 0.1) is 12.3 Å². The van der Waals surface area contributed by atoms with E-state index in [-0.39, 0.29) is 12.1 Å². The predicted octanol–water partition coefficient (Wildman–Crippen LogP) is 2.95. The van der Waals surface area contributed by atoms with E-state index in [1.165, 1.54) is 0 Å². The SMILES string of the molecule is C#CCn1c(=O)c(CNCc2cccc(OC)c2OC)cc2ccc(OC)cc21. The fourth-order valence-corrected chi connectivity index (χ4v) is 3.34. The van der Waals surface area contributed by atoms with Crippen LogP contribution in [-0.2, 0) is 19.6 Å². The molecular formula is C23H24N2O4. The van der Waals surface area contributed by atoms with Crippen molar-refractivity contribution >= 4 is 10.9 Å². The van der Waals surface area contributed by atoms with Gasteiger partial charge in [-0.05, 0) is 29.7 Å². The molecule has 1 aromatic heterocycles. The molecule has 1 heterocycles. The van der Waals surface area contributed by atoms with Crippen molar-refractivity contribution in [3.8, 4) is 29.6 Å². The highest BCUT2D eigenvalue weighted by Gasteiger charge is 2.12. The van der Waals surface area contributed by atoms with E-state index in [1.54, 1.807) is 25.9 Å². The molecule has 0 bridgehead atoms. The molecule has 0 aliphatic heterocycles. The summed E-state index contributed by atoms with van der Waals surface area (Å²) in [5.41, 5.74) is 2.22. The Kier molecular flexibility index (Phi) is 6.43. The van der Waals surface area contributed by atoms with Crippen LogP contribution in [0.5, 0.6) is 17.2 Å². The van der Waals surface area contributed by atoms with Crippen LogP contribution in [0.25, 0.3) is 10.9 Å². The second kappa shape index (κ2) is 9.18. The lowest BCUT2D eigenvalue weighted by Gasteiger charge is -2.14. The second-order valence-corrected chi connectivity index (χ2v) is 6.45. The van der Waals surface area contributed by atoms with Crippen molar-refractivity contribution in [3.05, 3.63) is 63.9 Å². The summed E-state index contributed by atoms with van der Waals surface area (Å²) in [6.45, 7) is 1.11. The number of benzene rings is 2. The molecule has 0 saturated carbocycles. The van der Waals surface area contributed by atoms with Gasteiger partial charge in [0.1, 0.15) is 5.75 Å². The molecule has 0 atom stereocenters. The van der Waals surface area contributed by atoms with Crippen LogP contribution in [-0.4, -0.2) is 25.9 Å². The average molecular weight is 392 g/mol. The Morgan fingerprint density at radius 1 is 1.00 bits per heavy atom. The first-order chi connectivity index (χ1) is 14.1. The Hall–Kier alpha value is -3.43. The lowest BCUT2D eigenvalue weighted by molar-refractivity contribution is 0.350. The Balaban J connectivity index is 1.89. The molecule has 0 aliphatic rings. The lowest BCUT2D eigenvalue weighted by Crippen LogP contribution is -2.27. The third-order valence-corrected chi connectivity index (χ3v) is 4.74. The number of ether oxygens (including phenoxy) is 3. The van der Waals surface area contributed by atoms with E-state index in [1.807, 2.05) is 42.5 Å². The zero-order valence-electron chi connectivity index (χ0n) is 16.8. The monoisotopic (exact) mass is 392 g/mol. The van der Waals surface area contributed by atoms with Crippen molar-refractivity contribution < 1.29 is 14.2 Å². The fraction of sp³-hybridized carbons (Fsp3) is 0.261. The molecule has 0 amide bonds. The normalized spacial score (nSPS) is 10.6. The third kappa shape index (κ3) is 4.20. The number of nitrogens with zero attached hydrogens (tertiary/aromatic N) is 1. The smallest absolute Gasteiger partial charge is 0.256 e. The Labute approximate surface area is 170 Å². The summed E-state index contributed by atoms with van der Waals surface area (Å²) in [5, 5.41) is 4.24. The van der Waals surface area contributed by atoms with E-state index < -0.39 is 0 Å². The summed E-state index contributed by atoms with van der Waals surface area (Å²) in [5.74, 6) is 4.59. The number of hydrogen-bond donors (Lipinski definition) is 1. The van der Waals surface area contributed by atoms with Crippen molar-refractivity contribution in [2.75, 3.05) is 21.3 Å². The molecule has 0 saturated heterocycles. The number of methoxy groups -OCH3 is 3. The van der Waals surface area contributed by atoms with Crippen LogP contribution in [0.2, 0.25) is 0 Å². The van der Waals surface area contributed by atoms with Crippen LogP contribution in [0.1, 0.15) is 11.1 Å². The highest BCUT2D eigenvalue weighted by atomic mass is 16.5. The van der Waals surface area contributed by atoms with Gasteiger partial charge in [0.2, 0.25) is 0 Å². The number of rotatable bonds is 8. The van der Waals surface area contributed by atoms with Gasteiger partial charge >= 0.3 is 0 Å². The molecule has 29 heavy (non-hydrogen) atoms. The molecule has 2 aromatic carbocycles. The van der Waals surface area contributed by atoms with Gasteiger partial charge in [0, 0.05) is 30.3 Å². The van der Waals surface area contributed by atoms with E-state index in [9.17, 15) is 4.79 Å². The molecule has 0 radical (unpaired) electrons. The zero-order valence-corrected chi connectivity index (χ0v) is 16.8. The molecule has 150 valence electrons. The summed E-state index contributed by atoms with van der Waals surface area (Å²) in [6, 6.07) is 13.2. The summed E-state index contributed by atoms with van der Waals surface area (Å²) < 4.78 is 17.7. The van der Waals surface area contributed by atoms with Gasteiger partial charge in [-0.15, -0.1) is 6.42 Å². The summed E-state index contributed by atoms with van der Waals surface area (Å²) in [6.07, 6.45) is 5.49. The van der Waals surface area contributed by atoms with Gasteiger partial charge in [0.15, 0.2) is 11.5 Å². The molecule has 3 rings (SSSR count). The standard InChI is InChI=1S/C23H24N2O4/c1-5-11-25-20-13-19(27-2)10-9-16(20)12-18(23(25)26)15-24-14-17-7-6-8-21(28-3)22(17)29-4/h1,6-10,12-13,24H,11,14-15H2,2-4H3. The molecule has 3 aromatic rings. The average Bonchev–Trinajstić information content (AvgIpc) is 2.75. The van der Waals surface area contributed by atoms with Crippen molar-refractivity contribution in [1.82, 2.24) is 9.88 Å². The first-order valence-electron chi connectivity index (χ1n) is 9.17. The van der Waals surface area contributed by atoms with Crippen LogP contribution >= 0.6 is 0 Å². The topological polar surface area (TPSA) is 61.7 Å². The number of nitrogens with one attached hydrogen (secondary N) is 1. The van der Waals surface area contributed by atoms with Crippen molar-refractivity contribution in [2.45, 2.75) is 19.6 Å². The maximum atomic E-state index is 13.0. The molecule has 6 nitrogen and oxygen atoms in total. The molecule has 0 aliphatic carbocycles. The Morgan fingerprint density at radius 2 is 1.79 bits per heavy atom. The van der Waals surface area contributed by atoms with Gasteiger partial charge in [-0.1, -0.05) is 18.1 Å². The Morgan fingerprint density at radius 3 is 2.48 bits per heavy atom. The molecule has 0 unspecified atom stereocenters. The van der Waals surface area contributed by atoms with E-state index in [0.717, 1.165) is 16.5 Å². The maximum absolute atomic E-state index is 13.0. The highest BCUT2D eigenvalue weighted by Crippen LogP contribution is 2.30. The van der Waals surface area contributed by atoms with Gasteiger partial charge < -0.3 is 19.5 Å². The molecule has 1 N–H and O–H groups in total. The third-order valence-electron chi connectivity index (χ3n) is 4.74. The Bertz CT molecular complexity index is 1110. The van der Waals surface area contributed by atoms with Crippen molar-refractivity contribution in [3.63, 3.8) is 0 Å². The van der Waals surface area contributed by atoms with E-state index in [4.69, 9.17) is 20.6 Å². The van der Waals surface area contributed by atoms with Gasteiger partial charge in [0.25, 0.3) is 5.56 Å². The molecule has 0 spiro atoms. The number of fused-ring (bicyclic) bond motifs is 1. The van der Waals surface area contributed by atoms with Crippen molar-refractivity contribution in [2.24, 2.45) is 0 Å². The maximum Gasteiger partial charge on any atom is 0.256 e. The number of aromatic nitrogens is 1. The predicted molar refractivity (Wildman–Crippen MR) is 114 cm³/mol. The minimum Gasteiger partial charge on any atom is -0.497 e. The van der Waals surface area contributed by atoms with Gasteiger partial charge in [0.05, 0.1) is 33.4 Å². The quantitative estimate of drug-likeness (QED) is 0.597. The lowest BCUT2D eigenvalue weighted by atomic mass is 10.1. The molecule has 6 heteroatoms. The summed E-state index contributed by atoms with van der Waals surface area (Å²) >= 11 is 0. The number of hydrogen-bond acceptors (Lipinski definition) is 5. The van der Waals surface area contributed by atoms with E-state index >= 15 is 0 Å². The molecule has 0 fully saturated rings. The second-order valence-electron chi connectivity index (χ2n) is 6.45. The highest BCUT2D eigenvalue weighted by molar-refractivity contribution is 5.81. The minimum atomic E-state index is -0.117. The largest absolute Gasteiger partial charge is 0.497 e. The number of terminal acetylenes is 1. The van der Waals surface area contributed by atoms with Gasteiger partial charge in [-0.3, -0.25) is 9.36 Å².